The molecule has 0 spiro atoms. The van der Waals surface area contributed by atoms with Crippen LogP contribution in [0, 0.1) is 6.92 Å². The molecule has 1 fully saturated rings. The van der Waals surface area contributed by atoms with Gasteiger partial charge in [-0.3, -0.25) is 4.57 Å². The second kappa shape index (κ2) is 8.98. The lowest BCUT2D eigenvalue weighted by Gasteiger charge is -2.17. The molecule has 0 aromatic carbocycles. The number of aryl methyl sites for hydroxylation is 1. The van der Waals surface area contributed by atoms with E-state index in [1.165, 1.54) is 12.7 Å². The minimum Gasteiger partial charge on any atom is -0.387 e. The molecule has 174 valence electrons. The van der Waals surface area contributed by atoms with Gasteiger partial charge in [0, 0.05) is 19.9 Å². The average Bonchev–Trinajstić information content (AvgIpc) is 3.52. The maximum atomic E-state index is 10.7. The Hall–Kier alpha value is -3.19. The van der Waals surface area contributed by atoms with Crippen molar-refractivity contribution in [1.82, 2.24) is 34.5 Å². The third-order valence-electron chi connectivity index (χ3n) is 5.89. The molecule has 2 aliphatic rings. The molecule has 12 heteroatoms. The summed E-state index contributed by atoms with van der Waals surface area (Å²) in [5.74, 6) is 0.574. The smallest absolute Gasteiger partial charge is 0.167 e. The molecule has 33 heavy (non-hydrogen) atoms. The highest BCUT2D eigenvalue weighted by Gasteiger charge is 2.44. The van der Waals surface area contributed by atoms with Crippen molar-refractivity contribution >= 4 is 17.0 Å². The number of fused-ring (bicyclic) bond motifs is 1. The quantitative estimate of drug-likeness (QED) is 0.457. The average molecular weight is 454 g/mol. The van der Waals surface area contributed by atoms with E-state index in [1.54, 1.807) is 22.6 Å². The van der Waals surface area contributed by atoms with Crippen LogP contribution in [0.4, 0.5) is 5.82 Å². The van der Waals surface area contributed by atoms with Crippen LogP contribution in [-0.4, -0.2) is 82.8 Å². The lowest BCUT2D eigenvalue weighted by atomic mass is 10.1. The van der Waals surface area contributed by atoms with Crippen molar-refractivity contribution in [2.24, 2.45) is 0 Å². The molecule has 4 heterocycles. The third-order valence-corrected chi connectivity index (χ3v) is 5.89. The Labute approximate surface area is 189 Å². The molecule has 1 aliphatic heterocycles. The number of aliphatic hydroxyl groups excluding tert-OH is 2. The molecule has 1 aliphatic carbocycles. The summed E-state index contributed by atoms with van der Waals surface area (Å²) in [6.45, 7) is 2.66. The van der Waals surface area contributed by atoms with Crippen molar-refractivity contribution in [3.05, 3.63) is 48.3 Å². The number of methoxy groups -OCH3 is 1. The lowest BCUT2D eigenvalue weighted by molar-refractivity contribution is -0.0403. The first-order valence-corrected chi connectivity index (χ1v) is 10.7. The second-order valence-electron chi connectivity index (χ2n) is 8.18. The summed E-state index contributed by atoms with van der Waals surface area (Å²) in [6.07, 6.45) is 8.07. The summed E-state index contributed by atoms with van der Waals surface area (Å²) in [5, 5.41) is 32.4. The number of aromatic nitrogens is 7. The Morgan fingerprint density at radius 2 is 2.12 bits per heavy atom. The second-order valence-corrected chi connectivity index (χ2v) is 8.18. The standard InChI is InChI=1S/C21H26N8O4/c1-12-8-28(27-26-12)9-15-17(30)18(31)21(33-15)29-11-25-16-19(23-10-24-20(16)29)22-7-13-3-5-14(32-2)6-4-13/h3-5,8,10-11,14-15,17-18,21,30-31H,6-7,9H2,1-2H3,(H,22,23,24)/t14?,15-,17?,18?,21-/m1/s1. The Morgan fingerprint density at radius 1 is 1.24 bits per heavy atom. The van der Waals surface area contributed by atoms with Crippen molar-refractivity contribution in [3.63, 3.8) is 0 Å². The normalized spacial score (nSPS) is 27.3. The highest BCUT2D eigenvalue weighted by atomic mass is 16.6. The van der Waals surface area contributed by atoms with E-state index < -0.39 is 24.5 Å². The van der Waals surface area contributed by atoms with E-state index in [0.29, 0.717) is 23.5 Å². The molecule has 0 saturated carbocycles. The molecule has 3 aromatic rings. The molecular weight excluding hydrogens is 428 g/mol. The first-order chi connectivity index (χ1) is 16.0. The summed E-state index contributed by atoms with van der Waals surface area (Å²) < 4.78 is 14.5. The van der Waals surface area contributed by atoms with Crippen molar-refractivity contribution in [1.29, 1.82) is 0 Å². The fourth-order valence-electron chi connectivity index (χ4n) is 4.08. The van der Waals surface area contributed by atoms with Crippen LogP contribution in [0.3, 0.4) is 0 Å². The topological polar surface area (TPSA) is 145 Å². The molecule has 3 aromatic heterocycles. The maximum absolute atomic E-state index is 10.7. The Kier molecular flexibility index (Phi) is 5.89. The van der Waals surface area contributed by atoms with Crippen LogP contribution in [0.1, 0.15) is 18.3 Å². The largest absolute Gasteiger partial charge is 0.387 e. The number of nitrogens with zero attached hydrogens (tertiary/aromatic N) is 7. The molecule has 0 amide bonds. The minimum absolute atomic E-state index is 0.112. The lowest BCUT2D eigenvalue weighted by Crippen LogP contribution is -2.33. The van der Waals surface area contributed by atoms with Crippen LogP contribution in [0.25, 0.3) is 11.2 Å². The predicted octanol–water partition coefficient (Wildman–Crippen LogP) is 0.359. The minimum atomic E-state index is -1.16. The van der Waals surface area contributed by atoms with Gasteiger partial charge in [-0.2, -0.15) is 0 Å². The highest BCUT2D eigenvalue weighted by molar-refractivity contribution is 5.82. The molecule has 12 nitrogen and oxygen atoms in total. The molecule has 3 unspecified atom stereocenters. The van der Waals surface area contributed by atoms with E-state index >= 15 is 0 Å². The fourth-order valence-corrected chi connectivity index (χ4v) is 4.08. The van der Waals surface area contributed by atoms with E-state index in [0.717, 1.165) is 17.7 Å². The summed E-state index contributed by atoms with van der Waals surface area (Å²) in [4.78, 5) is 13.1. The van der Waals surface area contributed by atoms with Gasteiger partial charge >= 0.3 is 0 Å². The molecule has 0 radical (unpaired) electrons. The van der Waals surface area contributed by atoms with Crippen LogP contribution in [0.15, 0.2) is 42.7 Å². The van der Waals surface area contributed by atoms with Crippen LogP contribution < -0.4 is 5.32 Å². The van der Waals surface area contributed by atoms with Gasteiger partial charge in [-0.1, -0.05) is 23.4 Å². The fraction of sp³-hybridized carbons (Fsp3) is 0.476. The van der Waals surface area contributed by atoms with Gasteiger partial charge in [0.1, 0.15) is 24.6 Å². The number of ether oxygens (including phenoxy) is 2. The van der Waals surface area contributed by atoms with Gasteiger partial charge < -0.3 is 25.0 Å². The van der Waals surface area contributed by atoms with Crippen LogP contribution in [-0.2, 0) is 16.0 Å². The number of imidazole rings is 1. The van der Waals surface area contributed by atoms with Crippen molar-refractivity contribution in [2.75, 3.05) is 19.0 Å². The van der Waals surface area contributed by atoms with Crippen LogP contribution >= 0.6 is 0 Å². The van der Waals surface area contributed by atoms with Crippen LogP contribution in [0.5, 0.6) is 0 Å². The molecule has 0 bridgehead atoms. The number of hydrogen-bond donors (Lipinski definition) is 3. The maximum Gasteiger partial charge on any atom is 0.167 e. The zero-order valence-electron chi connectivity index (χ0n) is 18.3. The van der Waals surface area contributed by atoms with E-state index in [-0.39, 0.29) is 12.6 Å². The molecule has 1 saturated heterocycles. The van der Waals surface area contributed by atoms with Crippen molar-refractivity contribution in [3.8, 4) is 0 Å². The van der Waals surface area contributed by atoms with Crippen molar-refractivity contribution in [2.45, 2.75) is 50.5 Å². The first-order valence-electron chi connectivity index (χ1n) is 10.7. The first kappa shape index (κ1) is 21.6. The van der Waals surface area contributed by atoms with E-state index in [1.807, 2.05) is 19.1 Å². The van der Waals surface area contributed by atoms with E-state index in [9.17, 15) is 10.2 Å². The van der Waals surface area contributed by atoms with Gasteiger partial charge in [0.15, 0.2) is 23.2 Å². The Morgan fingerprint density at radius 3 is 2.85 bits per heavy atom. The van der Waals surface area contributed by atoms with Gasteiger partial charge in [-0.05, 0) is 18.9 Å². The van der Waals surface area contributed by atoms with Gasteiger partial charge in [0.25, 0.3) is 0 Å². The molecular formula is C21H26N8O4. The number of aliphatic hydroxyl groups is 2. The number of anilines is 1. The van der Waals surface area contributed by atoms with Gasteiger partial charge in [0.2, 0.25) is 0 Å². The van der Waals surface area contributed by atoms with Crippen molar-refractivity contribution < 1.29 is 19.7 Å². The zero-order chi connectivity index (χ0) is 22.9. The third kappa shape index (κ3) is 4.25. The summed E-state index contributed by atoms with van der Waals surface area (Å²) in [5.41, 5.74) is 2.93. The SMILES string of the molecule is COC1C=CC(CNc2ncnc3c2ncn3[C@@H]2O[C@H](Cn3cc(C)nn3)C(O)C2O)=CC1. The van der Waals surface area contributed by atoms with Gasteiger partial charge in [-0.25, -0.2) is 19.6 Å². The predicted molar refractivity (Wildman–Crippen MR) is 117 cm³/mol. The summed E-state index contributed by atoms with van der Waals surface area (Å²) >= 11 is 0. The van der Waals surface area contributed by atoms with E-state index in [4.69, 9.17) is 9.47 Å². The zero-order valence-corrected chi connectivity index (χ0v) is 18.3. The van der Waals surface area contributed by atoms with Gasteiger partial charge in [0.05, 0.1) is 24.7 Å². The number of nitrogens with one attached hydrogen (secondary N) is 1. The number of rotatable bonds is 7. The summed E-state index contributed by atoms with van der Waals surface area (Å²) in [7, 11) is 1.70. The Balaban J connectivity index is 1.32. The molecule has 5 atom stereocenters. The Bertz CT molecular complexity index is 1190. The highest BCUT2D eigenvalue weighted by Crippen LogP contribution is 2.33. The monoisotopic (exact) mass is 454 g/mol. The summed E-state index contributed by atoms with van der Waals surface area (Å²) in [6, 6.07) is 0. The van der Waals surface area contributed by atoms with E-state index in [2.05, 4.69) is 36.7 Å². The number of hydrogen-bond acceptors (Lipinski definition) is 10. The van der Waals surface area contributed by atoms with Crippen LogP contribution in [0.2, 0.25) is 0 Å². The molecule has 5 rings (SSSR count). The molecule has 3 N–H and O–H groups in total. The van der Waals surface area contributed by atoms with Gasteiger partial charge in [-0.15, -0.1) is 5.10 Å².